The zero-order valence-corrected chi connectivity index (χ0v) is 66.3. The quantitative estimate of drug-likeness (QED) is 0.0906. The molecule has 0 saturated heterocycles. The van der Waals surface area contributed by atoms with Crippen LogP contribution >= 0.6 is 0 Å². The lowest BCUT2D eigenvalue weighted by Crippen LogP contribution is -2.74. The summed E-state index contributed by atoms with van der Waals surface area (Å²) in [7, 11) is -5.55. The highest BCUT2D eigenvalue weighted by molar-refractivity contribution is 7.20. The van der Waals surface area contributed by atoms with E-state index in [0.29, 0.717) is 0 Å². The smallest absolute Gasteiger partial charge is 0.179 e. The van der Waals surface area contributed by atoms with Crippen molar-refractivity contribution in [2.45, 2.75) is 23.7 Å². The van der Waals surface area contributed by atoms with Crippen molar-refractivity contribution in [1.82, 2.24) is 13.7 Å². The Labute approximate surface area is 682 Å². The number of hydrogen-bond donors (Lipinski definition) is 0. The minimum atomic E-state index is -2.84. The van der Waals surface area contributed by atoms with Gasteiger partial charge in [0.2, 0.25) is 0 Å². The molecule has 0 spiro atoms. The minimum Gasteiger partial charge on any atom is -0.309 e. The maximum absolute atomic E-state index is 2.84. The van der Waals surface area contributed by atoms with Crippen LogP contribution in [-0.2, 0) is 0 Å². The van der Waals surface area contributed by atoms with E-state index in [1.54, 1.807) is 0 Å². The van der Waals surface area contributed by atoms with Gasteiger partial charge in [-0.15, -0.1) is 0 Å². The lowest BCUT2D eigenvalue weighted by atomic mass is 9.60. The molecule has 0 unspecified atom stereocenters. The van der Waals surface area contributed by atoms with Gasteiger partial charge in [0.1, 0.15) is 0 Å². The van der Waals surface area contributed by atoms with E-state index in [2.05, 4.69) is 457 Å². The fraction of sp³-hybridized carbons (Fsp3) is 0.0357. The molecular formula is C112H77N3Si2. The summed E-state index contributed by atoms with van der Waals surface area (Å²) in [5.41, 5.74) is 28.5. The molecule has 0 fully saturated rings. The summed E-state index contributed by atoms with van der Waals surface area (Å²) in [6.07, 6.45) is 0. The number of rotatable bonds is 11. The van der Waals surface area contributed by atoms with Crippen molar-refractivity contribution >= 4 is 123 Å². The van der Waals surface area contributed by atoms with E-state index < -0.39 is 16.1 Å². The second-order valence-corrected chi connectivity index (χ2v) is 39.8. The molecule has 0 radical (unpaired) electrons. The Hall–Kier alpha value is -14.2. The Morgan fingerprint density at radius 2 is 0.402 bits per heavy atom. The first kappa shape index (κ1) is 67.3. The number of nitrogens with zero attached hydrogens (tertiary/aromatic N) is 3. The van der Waals surface area contributed by atoms with Crippen LogP contribution in [-0.4, -0.2) is 29.8 Å². The fourth-order valence-electron chi connectivity index (χ4n) is 22.2. The van der Waals surface area contributed by atoms with Gasteiger partial charge < -0.3 is 13.7 Å². The summed E-state index contributed by atoms with van der Waals surface area (Å²) in [4.78, 5) is 0. The highest BCUT2D eigenvalue weighted by Crippen LogP contribution is 2.60. The predicted octanol–water partition coefficient (Wildman–Crippen LogP) is 21.4. The molecular weight excluding hydrogens is 1440 g/mol. The molecule has 21 aromatic rings. The summed E-state index contributed by atoms with van der Waals surface area (Å²) < 4.78 is 7.47. The van der Waals surface area contributed by atoms with E-state index >= 15 is 0 Å². The molecule has 3 aromatic heterocycles. The van der Waals surface area contributed by atoms with Gasteiger partial charge >= 0.3 is 0 Å². The van der Waals surface area contributed by atoms with Crippen LogP contribution in [0.3, 0.4) is 0 Å². The molecule has 0 saturated carbocycles. The maximum Gasteiger partial charge on any atom is 0.179 e. The molecule has 3 heterocycles. The zero-order valence-electron chi connectivity index (χ0n) is 64.3. The average molecular weight is 1520 g/mol. The molecule has 0 atom stereocenters. The standard InChI is InChI=1S/C62H42N2Si.C50H35NSi/c1-3-17-43(18-4-1)65(44-19-5-2-6-20-44,45-35-31-41(32-36-45)63-55-28-14-11-21-47(55)48-22-12-15-29-56(48)63)46-37-33-42(34-38-46)64-57-30-16-13-27-53(57)61-58(64)40-39-54-59-49-23-7-9-25-51(49)60(62(54)61)52-26-10-8-24-50(52)59;1-4-18-35(19-5-1)52(36-20-6-2-7-21-36,37-22-8-3-9-23-37)38-24-16-17-34(33-38)51-45-30-15-14-29-43(45)49-46(51)32-31-44-47-39-25-10-12-27-41(39)48(50(44)49)42-28-13-11-26-40(42)47/h1-40,59-60H;1-33,47-48H. The first-order valence-electron chi connectivity index (χ1n) is 41.2. The molecule has 18 aromatic carbocycles. The number of aromatic nitrogens is 3. The fourth-order valence-corrected chi connectivity index (χ4v) is 31.7. The first-order chi connectivity index (χ1) is 58.1. The van der Waals surface area contributed by atoms with Crippen molar-refractivity contribution < 1.29 is 0 Å². The van der Waals surface area contributed by atoms with Crippen LogP contribution in [0.15, 0.2) is 443 Å². The molecule has 6 aliphatic rings. The Balaban J connectivity index is 0.000000137. The van der Waals surface area contributed by atoms with Gasteiger partial charge in [-0.25, -0.2) is 0 Å². The van der Waals surface area contributed by atoms with Crippen LogP contribution in [0.4, 0.5) is 0 Å². The highest BCUT2D eigenvalue weighted by Gasteiger charge is 2.47. The molecule has 0 aliphatic heterocycles. The van der Waals surface area contributed by atoms with Crippen molar-refractivity contribution in [3.63, 3.8) is 0 Å². The van der Waals surface area contributed by atoms with Crippen molar-refractivity contribution in [3.05, 3.63) is 510 Å². The van der Waals surface area contributed by atoms with Gasteiger partial charge in [-0.2, -0.15) is 0 Å². The average Bonchev–Trinajstić information content (AvgIpc) is 1.63. The van der Waals surface area contributed by atoms with E-state index in [1.807, 2.05) is 0 Å². The minimum absolute atomic E-state index is 0.192. The largest absolute Gasteiger partial charge is 0.309 e. The van der Waals surface area contributed by atoms with Gasteiger partial charge in [0.15, 0.2) is 16.1 Å². The summed E-state index contributed by atoms with van der Waals surface area (Å²) >= 11 is 0. The van der Waals surface area contributed by atoms with Crippen LogP contribution in [0.5, 0.6) is 0 Å². The molecule has 0 N–H and O–H groups in total. The summed E-state index contributed by atoms with van der Waals surface area (Å²) in [6, 6.07) is 167. The number of hydrogen-bond acceptors (Lipinski definition) is 0. The monoisotopic (exact) mass is 1520 g/mol. The van der Waals surface area contributed by atoms with Gasteiger partial charge in [-0.3, -0.25) is 0 Å². The second kappa shape index (κ2) is 26.7. The number of fused-ring (bicyclic) bond motifs is 9. The molecule has 6 aliphatic carbocycles. The van der Waals surface area contributed by atoms with Gasteiger partial charge in [0, 0.05) is 73.1 Å². The summed E-state index contributed by atoms with van der Waals surface area (Å²) in [6.45, 7) is 0. The third-order valence-corrected chi connectivity index (χ3v) is 36.3. The zero-order chi connectivity index (χ0) is 76.9. The van der Waals surface area contributed by atoms with Crippen molar-refractivity contribution in [2.75, 3.05) is 0 Å². The van der Waals surface area contributed by atoms with E-state index in [9.17, 15) is 0 Å². The molecule has 4 bridgehead atoms. The second-order valence-electron chi connectivity index (χ2n) is 32.2. The topological polar surface area (TPSA) is 14.8 Å². The van der Waals surface area contributed by atoms with Crippen molar-refractivity contribution in [2.24, 2.45) is 0 Å². The lowest BCUT2D eigenvalue weighted by molar-refractivity contribution is 0.761. The van der Waals surface area contributed by atoms with Crippen molar-refractivity contribution in [3.8, 4) is 17.1 Å². The molecule has 5 heteroatoms. The maximum atomic E-state index is 2.54. The van der Waals surface area contributed by atoms with Crippen LogP contribution < -0.4 is 41.5 Å². The van der Waals surface area contributed by atoms with Gasteiger partial charge in [-0.1, -0.05) is 370 Å². The Kier molecular flexibility index (Phi) is 15.4. The number of para-hydroxylation sites is 4. The van der Waals surface area contributed by atoms with Crippen LogP contribution in [0, 0.1) is 0 Å². The van der Waals surface area contributed by atoms with Crippen LogP contribution in [0.1, 0.15) is 90.4 Å². The molecule has 548 valence electrons. The summed E-state index contributed by atoms with van der Waals surface area (Å²) in [5.74, 6) is 0.878. The summed E-state index contributed by atoms with van der Waals surface area (Å²) in [5, 5.41) is 18.9. The van der Waals surface area contributed by atoms with E-state index in [-0.39, 0.29) is 23.7 Å². The normalized spacial score (nSPS) is 15.4. The van der Waals surface area contributed by atoms with Crippen molar-refractivity contribution in [1.29, 1.82) is 0 Å². The van der Waals surface area contributed by atoms with Gasteiger partial charge in [-0.05, 0) is 181 Å². The Morgan fingerprint density at radius 1 is 0.154 bits per heavy atom. The lowest BCUT2D eigenvalue weighted by Gasteiger charge is -2.42. The van der Waals surface area contributed by atoms with Gasteiger partial charge in [0.25, 0.3) is 0 Å². The SMILES string of the molecule is c1ccc([Si](c2ccccc2)(c2ccc(-n3c4ccccc4c4ccccc43)cc2)c2ccc(-n3c4ccccc4c4c5c(ccc43)C3c4ccccc4C5c4ccccc43)cc2)cc1.c1ccc([Si](c2ccccc2)(c2ccccc2)c2cccc(-n3c4ccccc4c4c5c(ccc43)C3c4ccccc4C5c4ccccc43)c2)cc1. The van der Waals surface area contributed by atoms with E-state index in [1.165, 1.54) is 191 Å². The van der Waals surface area contributed by atoms with E-state index in [0.717, 1.165) is 0 Å². The Bertz CT molecular complexity index is 7230. The van der Waals surface area contributed by atoms with Gasteiger partial charge in [0.05, 0.1) is 33.1 Å². The molecule has 27 rings (SSSR count). The van der Waals surface area contributed by atoms with E-state index in [4.69, 9.17) is 0 Å². The first-order valence-corrected chi connectivity index (χ1v) is 45.2. The molecule has 0 amide bonds. The third-order valence-electron chi connectivity index (χ3n) is 26.8. The van der Waals surface area contributed by atoms with Crippen LogP contribution in [0.25, 0.3) is 82.5 Å². The highest BCUT2D eigenvalue weighted by atomic mass is 28.3. The van der Waals surface area contributed by atoms with Crippen LogP contribution in [0.2, 0.25) is 0 Å². The predicted molar refractivity (Wildman–Crippen MR) is 493 cm³/mol. The molecule has 117 heavy (non-hydrogen) atoms. The molecule has 3 nitrogen and oxygen atoms in total. The third kappa shape index (κ3) is 9.79. The Morgan fingerprint density at radius 3 is 0.744 bits per heavy atom. The number of benzene rings is 18.